The van der Waals surface area contributed by atoms with Crippen molar-refractivity contribution >= 4 is 11.6 Å². The molecule has 1 aliphatic rings. The van der Waals surface area contributed by atoms with E-state index in [9.17, 15) is 9.90 Å². The smallest absolute Gasteiger partial charge is 0.259 e. The van der Waals surface area contributed by atoms with Gasteiger partial charge in [-0.2, -0.15) is 0 Å². The van der Waals surface area contributed by atoms with Crippen LogP contribution in [-0.4, -0.2) is 42.3 Å². The number of hydrogen-bond donors (Lipinski definition) is 1. The van der Waals surface area contributed by atoms with Gasteiger partial charge in [0, 0.05) is 23.9 Å². The van der Waals surface area contributed by atoms with Crippen LogP contribution in [0.4, 0.5) is 0 Å². The Labute approximate surface area is 100 Å². The molecular weight excluding hydrogens is 218 g/mol. The van der Waals surface area contributed by atoms with Gasteiger partial charge in [-0.15, -0.1) is 0 Å². The Bertz CT molecular complexity index is 421. The highest BCUT2D eigenvalue weighted by Crippen LogP contribution is 2.30. The Morgan fingerprint density at radius 3 is 2.65 bits per heavy atom. The monoisotopic (exact) mass is 233 g/mol. The molecule has 90 valence electrons. The van der Waals surface area contributed by atoms with Gasteiger partial charge in [0.2, 0.25) is 0 Å². The summed E-state index contributed by atoms with van der Waals surface area (Å²) >= 11 is 0. The first-order valence-corrected chi connectivity index (χ1v) is 5.42. The first kappa shape index (κ1) is 11.8. The van der Waals surface area contributed by atoms with Crippen LogP contribution in [0.1, 0.15) is 15.9 Å². The number of rotatable bonds is 4. The third-order valence-corrected chi connectivity index (χ3v) is 2.79. The van der Waals surface area contributed by atoms with Crippen molar-refractivity contribution < 1.29 is 14.6 Å². The van der Waals surface area contributed by atoms with Crippen molar-refractivity contribution in [3.8, 4) is 0 Å². The molecule has 1 unspecified atom stereocenters. The molecule has 1 aromatic rings. The molecule has 1 atom stereocenters. The second-order valence-electron chi connectivity index (χ2n) is 4.02. The number of benzene rings is 1. The number of amides is 1. The minimum atomic E-state index is -0.699. The zero-order valence-electron chi connectivity index (χ0n) is 9.72. The summed E-state index contributed by atoms with van der Waals surface area (Å²) in [5.41, 5.74) is 2.12. The molecule has 4 nitrogen and oxygen atoms in total. The van der Waals surface area contributed by atoms with Crippen molar-refractivity contribution in [2.45, 2.75) is 6.10 Å². The molecule has 0 saturated heterocycles. The Kier molecular flexibility index (Phi) is 3.26. The molecule has 0 bridgehead atoms. The summed E-state index contributed by atoms with van der Waals surface area (Å²) in [6.45, 7) is 4.30. The van der Waals surface area contributed by atoms with Gasteiger partial charge >= 0.3 is 0 Å². The maximum absolute atomic E-state index is 12.1. The molecule has 0 saturated carbocycles. The average molecular weight is 233 g/mol. The zero-order valence-corrected chi connectivity index (χ0v) is 9.72. The normalized spacial score (nSPS) is 16.2. The van der Waals surface area contributed by atoms with Crippen molar-refractivity contribution in [2.24, 2.45) is 0 Å². The fourth-order valence-electron chi connectivity index (χ4n) is 1.98. The fraction of sp³-hybridized carbons (Fsp3) is 0.308. The number of carbonyl (C=O) groups excluding carboxylic acids is 1. The lowest BCUT2D eigenvalue weighted by Gasteiger charge is -2.20. The average Bonchev–Trinajstić information content (AvgIpc) is 2.56. The Hall–Kier alpha value is -1.65. The van der Waals surface area contributed by atoms with Gasteiger partial charge in [0.1, 0.15) is 0 Å². The Balaban J connectivity index is 2.19. The van der Waals surface area contributed by atoms with Crippen LogP contribution >= 0.6 is 0 Å². The molecule has 1 N–H and O–H groups in total. The summed E-state index contributed by atoms with van der Waals surface area (Å²) in [5, 5.41) is 9.66. The van der Waals surface area contributed by atoms with E-state index in [-0.39, 0.29) is 19.1 Å². The first-order chi connectivity index (χ1) is 8.15. The van der Waals surface area contributed by atoms with E-state index in [0.717, 1.165) is 5.56 Å². The van der Waals surface area contributed by atoms with E-state index in [1.807, 2.05) is 18.2 Å². The van der Waals surface area contributed by atoms with Gasteiger partial charge in [-0.05, 0) is 6.07 Å². The molecule has 0 radical (unpaired) electrons. The zero-order chi connectivity index (χ0) is 12.4. The van der Waals surface area contributed by atoms with Crippen LogP contribution in [0.25, 0.3) is 5.70 Å². The minimum absolute atomic E-state index is 0.110. The predicted molar refractivity (Wildman–Crippen MR) is 64.4 cm³/mol. The lowest BCUT2D eigenvalue weighted by atomic mass is 10.1. The molecule has 17 heavy (non-hydrogen) atoms. The quantitative estimate of drug-likeness (QED) is 0.847. The SMILES string of the molecule is C=C1c2ccccc2C(=O)N1CC(O)COC. The topological polar surface area (TPSA) is 49.8 Å². The number of β-amino-alcohol motifs (C(OH)–C–C–N with tert-alkyl or cyclic N) is 1. The van der Waals surface area contributed by atoms with Gasteiger partial charge in [0.25, 0.3) is 5.91 Å². The second kappa shape index (κ2) is 4.69. The van der Waals surface area contributed by atoms with Crippen LogP contribution in [0.3, 0.4) is 0 Å². The number of nitrogens with zero attached hydrogens (tertiary/aromatic N) is 1. The highest BCUT2D eigenvalue weighted by Gasteiger charge is 2.31. The van der Waals surface area contributed by atoms with Crippen LogP contribution < -0.4 is 0 Å². The highest BCUT2D eigenvalue weighted by atomic mass is 16.5. The number of hydrogen-bond acceptors (Lipinski definition) is 3. The van der Waals surface area contributed by atoms with Crippen LogP contribution in [-0.2, 0) is 4.74 Å². The van der Waals surface area contributed by atoms with Gasteiger partial charge < -0.3 is 14.7 Å². The first-order valence-electron chi connectivity index (χ1n) is 5.42. The number of ether oxygens (including phenoxy) is 1. The third kappa shape index (κ3) is 2.09. The van der Waals surface area contributed by atoms with Crippen molar-refractivity contribution in [2.75, 3.05) is 20.3 Å². The van der Waals surface area contributed by atoms with Gasteiger partial charge in [0.15, 0.2) is 0 Å². The molecule has 4 heteroatoms. The van der Waals surface area contributed by atoms with Gasteiger partial charge in [0.05, 0.1) is 19.3 Å². The number of aliphatic hydroxyl groups is 1. The Morgan fingerprint density at radius 1 is 1.41 bits per heavy atom. The second-order valence-corrected chi connectivity index (χ2v) is 4.02. The number of methoxy groups -OCH3 is 1. The summed E-state index contributed by atoms with van der Waals surface area (Å²) in [6, 6.07) is 7.31. The van der Waals surface area contributed by atoms with Crippen molar-refractivity contribution in [1.29, 1.82) is 0 Å². The van der Waals surface area contributed by atoms with E-state index < -0.39 is 6.10 Å². The largest absolute Gasteiger partial charge is 0.389 e. The lowest BCUT2D eigenvalue weighted by molar-refractivity contribution is 0.0447. The minimum Gasteiger partial charge on any atom is -0.389 e. The summed E-state index contributed by atoms with van der Waals surface area (Å²) in [7, 11) is 1.51. The molecule has 1 heterocycles. The molecule has 1 amide bonds. The summed E-state index contributed by atoms with van der Waals surface area (Å²) in [5.74, 6) is -0.110. The molecular formula is C13H15NO3. The standard InChI is InChI=1S/C13H15NO3/c1-9-11-5-3-4-6-12(11)13(16)14(9)7-10(15)8-17-2/h3-6,10,15H,1,7-8H2,2H3. The van der Waals surface area contributed by atoms with E-state index in [1.165, 1.54) is 12.0 Å². The molecule has 0 aromatic heterocycles. The molecule has 0 aliphatic carbocycles. The third-order valence-electron chi connectivity index (χ3n) is 2.79. The molecule has 1 aromatic carbocycles. The van der Waals surface area contributed by atoms with Gasteiger partial charge in [-0.3, -0.25) is 4.79 Å². The van der Waals surface area contributed by atoms with E-state index in [2.05, 4.69) is 6.58 Å². The number of carbonyl (C=O) groups is 1. The van der Waals surface area contributed by atoms with Crippen molar-refractivity contribution in [1.82, 2.24) is 4.90 Å². The van der Waals surface area contributed by atoms with Gasteiger partial charge in [-0.1, -0.05) is 24.8 Å². The number of fused-ring (bicyclic) bond motifs is 1. The van der Waals surface area contributed by atoms with E-state index >= 15 is 0 Å². The van der Waals surface area contributed by atoms with Gasteiger partial charge in [-0.25, -0.2) is 0 Å². The van der Waals surface area contributed by atoms with Crippen molar-refractivity contribution in [3.05, 3.63) is 42.0 Å². The Morgan fingerprint density at radius 2 is 2.06 bits per heavy atom. The maximum atomic E-state index is 12.1. The predicted octanol–water partition coefficient (Wildman–Crippen LogP) is 1.12. The van der Waals surface area contributed by atoms with E-state index in [4.69, 9.17) is 4.74 Å². The molecule has 0 fully saturated rings. The highest BCUT2D eigenvalue weighted by molar-refractivity contribution is 6.08. The summed E-state index contributed by atoms with van der Waals surface area (Å²) in [4.78, 5) is 13.6. The lowest BCUT2D eigenvalue weighted by Crippen LogP contribution is -2.34. The summed E-state index contributed by atoms with van der Waals surface area (Å²) in [6.07, 6.45) is -0.699. The van der Waals surface area contributed by atoms with Crippen LogP contribution in [0, 0.1) is 0 Å². The van der Waals surface area contributed by atoms with Crippen LogP contribution in [0.2, 0.25) is 0 Å². The van der Waals surface area contributed by atoms with Crippen LogP contribution in [0.5, 0.6) is 0 Å². The van der Waals surface area contributed by atoms with E-state index in [1.54, 1.807) is 6.07 Å². The summed E-state index contributed by atoms with van der Waals surface area (Å²) < 4.78 is 4.84. The van der Waals surface area contributed by atoms with E-state index in [0.29, 0.717) is 11.3 Å². The molecule has 0 spiro atoms. The van der Waals surface area contributed by atoms with Crippen molar-refractivity contribution in [3.63, 3.8) is 0 Å². The fourth-order valence-corrected chi connectivity index (χ4v) is 1.98. The molecule has 2 rings (SSSR count). The molecule has 1 aliphatic heterocycles. The maximum Gasteiger partial charge on any atom is 0.259 e. The van der Waals surface area contributed by atoms with Crippen LogP contribution in [0.15, 0.2) is 30.8 Å². The number of aliphatic hydroxyl groups excluding tert-OH is 1.